The van der Waals surface area contributed by atoms with Gasteiger partial charge in [0.05, 0.1) is 10.9 Å². The number of amides is 1. The maximum absolute atomic E-state index is 12.2. The number of nitrogens with one attached hydrogen (secondary N) is 1. The van der Waals surface area contributed by atoms with Gasteiger partial charge in [0.25, 0.3) is 0 Å². The molecule has 2 aromatic rings. The summed E-state index contributed by atoms with van der Waals surface area (Å²) in [5, 5.41) is 4.07. The molecule has 0 spiro atoms. The van der Waals surface area contributed by atoms with E-state index in [1.165, 1.54) is 30.2 Å². The Balaban J connectivity index is 1.64. The molecule has 1 atom stereocenters. The highest BCUT2D eigenvalue weighted by Gasteiger charge is 2.30. The second-order valence-corrected chi connectivity index (χ2v) is 7.74. The summed E-state index contributed by atoms with van der Waals surface area (Å²) in [6, 6.07) is 15.9. The van der Waals surface area contributed by atoms with Crippen LogP contribution in [-0.4, -0.2) is 16.3 Å². The number of carbonyl (C=O) groups excluding carboxylic acids is 1. The monoisotopic (exact) mass is 372 g/mol. The molecule has 0 aromatic heterocycles. The molecule has 130 valence electrons. The Bertz CT molecular complexity index is 774. The van der Waals surface area contributed by atoms with Crippen LogP contribution in [0.5, 0.6) is 0 Å². The number of hydrogen-bond acceptors (Lipinski definition) is 3. The van der Waals surface area contributed by atoms with Gasteiger partial charge in [-0.25, -0.2) is 4.99 Å². The zero-order chi connectivity index (χ0) is 17.6. The Hall–Kier alpha value is -1.78. The van der Waals surface area contributed by atoms with Crippen LogP contribution >= 0.6 is 23.4 Å². The molecule has 3 rings (SSSR count). The van der Waals surface area contributed by atoms with E-state index >= 15 is 0 Å². The Labute approximate surface area is 157 Å². The Morgan fingerprint density at radius 3 is 2.68 bits per heavy atom. The minimum Gasteiger partial charge on any atom is -0.304 e. The summed E-state index contributed by atoms with van der Waals surface area (Å²) in [6.07, 6.45) is 4.14. The van der Waals surface area contributed by atoms with Gasteiger partial charge >= 0.3 is 0 Å². The van der Waals surface area contributed by atoms with Crippen LogP contribution in [0.15, 0.2) is 53.5 Å². The number of aryl methyl sites for hydroxylation is 1. The van der Waals surface area contributed by atoms with Crippen LogP contribution in [0.4, 0.5) is 5.69 Å². The van der Waals surface area contributed by atoms with Crippen molar-refractivity contribution in [3.8, 4) is 0 Å². The Morgan fingerprint density at radius 1 is 1.16 bits per heavy atom. The van der Waals surface area contributed by atoms with Gasteiger partial charge in [-0.3, -0.25) is 4.79 Å². The van der Waals surface area contributed by atoms with Gasteiger partial charge in [0.2, 0.25) is 5.91 Å². The number of carbonyl (C=O) groups is 1. The molecule has 1 amide bonds. The van der Waals surface area contributed by atoms with Crippen LogP contribution in [0.2, 0.25) is 5.02 Å². The predicted octanol–water partition coefficient (Wildman–Crippen LogP) is 5.14. The molecule has 0 radical (unpaired) electrons. The minimum atomic E-state index is -0.166. The second-order valence-electron chi connectivity index (χ2n) is 6.12. The Morgan fingerprint density at radius 2 is 1.96 bits per heavy atom. The number of amidine groups is 1. The highest BCUT2D eigenvalue weighted by atomic mass is 35.5. The molecular weight excluding hydrogens is 352 g/mol. The van der Waals surface area contributed by atoms with Crippen LogP contribution in [-0.2, 0) is 17.6 Å². The summed E-state index contributed by atoms with van der Waals surface area (Å²) in [5.74, 6) is 0.00305. The van der Waals surface area contributed by atoms with Crippen molar-refractivity contribution in [2.45, 2.75) is 37.9 Å². The van der Waals surface area contributed by atoms with Crippen molar-refractivity contribution in [2.24, 2.45) is 4.99 Å². The lowest BCUT2D eigenvalue weighted by Crippen LogP contribution is -2.25. The summed E-state index contributed by atoms with van der Waals surface area (Å²) in [5.41, 5.74) is 3.25. The number of unbranched alkanes of at least 4 members (excludes halogenated alkanes) is 1. The van der Waals surface area contributed by atoms with Crippen LogP contribution in [0.25, 0.3) is 0 Å². The SMILES string of the molecule is CCCCc1ccc(N=C2NC(=O)C(Cc3cccc(Cl)c3)S2)cc1. The molecule has 1 aliphatic heterocycles. The van der Waals surface area contributed by atoms with Crippen molar-refractivity contribution in [1.29, 1.82) is 0 Å². The van der Waals surface area contributed by atoms with Crippen molar-refractivity contribution in [3.63, 3.8) is 0 Å². The molecule has 1 aliphatic rings. The van der Waals surface area contributed by atoms with Gasteiger partial charge in [0.15, 0.2) is 5.17 Å². The second kappa shape index (κ2) is 8.54. The lowest BCUT2D eigenvalue weighted by atomic mass is 10.1. The molecule has 0 bridgehead atoms. The topological polar surface area (TPSA) is 41.5 Å². The number of benzene rings is 2. The normalized spacial score (nSPS) is 18.6. The number of rotatable bonds is 6. The van der Waals surface area contributed by atoms with E-state index in [0.717, 1.165) is 17.7 Å². The maximum atomic E-state index is 12.2. The van der Waals surface area contributed by atoms with E-state index in [-0.39, 0.29) is 11.2 Å². The van der Waals surface area contributed by atoms with Crippen molar-refractivity contribution in [3.05, 3.63) is 64.7 Å². The van der Waals surface area contributed by atoms with Gasteiger partial charge in [-0.2, -0.15) is 0 Å². The molecule has 1 fully saturated rings. The van der Waals surface area contributed by atoms with E-state index in [1.54, 1.807) is 0 Å². The molecular formula is C20H21ClN2OS. The highest BCUT2D eigenvalue weighted by Crippen LogP contribution is 2.26. The van der Waals surface area contributed by atoms with Gasteiger partial charge in [-0.1, -0.05) is 61.0 Å². The zero-order valence-electron chi connectivity index (χ0n) is 14.2. The van der Waals surface area contributed by atoms with Gasteiger partial charge < -0.3 is 5.32 Å². The fourth-order valence-electron chi connectivity index (χ4n) is 2.71. The molecule has 2 aromatic carbocycles. The average molecular weight is 373 g/mol. The quantitative estimate of drug-likeness (QED) is 0.762. The average Bonchev–Trinajstić information content (AvgIpc) is 2.93. The summed E-state index contributed by atoms with van der Waals surface area (Å²) in [6.45, 7) is 2.19. The molecule has 0 aliphatic carbocycles. The van der Waals surface area contributed by atoms with Crippen molar-refractivity contribution < 1.29 is 4.79 Å². The third-order valence-electron chi connectivity index (χ3n) is 4.07. The van der Waals surface area contributed by atoms with Crippen molar-refractivity contribution in [1.82, 2.24) is 5.32 Å². The molecule has 5 heteroatoms. The van der Waals surface area contributed by atoms with Crippen LogP contribution in [0, 0.1) is 0 Å². The first-order valence-electron chi connectivity index (χ1n) is 8.53. The van der Waals surface area contributed by atoms with Gasteiger partial charge in [0, 0.05) is 5.02 Å². The zero-order valence-corrected chi connectivity index (χ0v) is 15.7. The molecule has 0 saturated carbocycles. The van der Waals surface area contributed by atoms with Crippen molar-refractivity contribution in [2.75, 3.05) is 0 Å². The van der Waals surface area contributed by atoms with Crippen LogP contribution in [0.3, 0.4) is 0 Å². The number of halogens is 1. The standard InChI is InChI=1S/C20H21ClN2OS/c1-2-3-5-14-8-10-17(11-9-14)22-20-23-19(24)18(25-20)13-15-6-4-7-16(21)12-15/h4,6-12,18H,2-3,5,13H2,1H3,(H,22,23,24). The van der Waals surface area contributed by atoms with Crippen LogP contribution in [0.1, 0.15) is 30.9 Å². The van der Waals surface area contributed by atoms with E-state index in [0.29, 0.717) is 16.6 Å². The minimum absolute atomic E-state index is 0.00305. The van der Waals surface area contributed by atoms with E-state index in [2.05, 4.69) is 29.4 Å². The first-order chi connectivity index (χ1) is 12.1. The smallest absolute Gasteiger partial charge is 0.239 e. The van der Waals surface area contributed by atoms with E-state index in [9.17, 15) is 4.79 Å². The summed E-state index contributed by atoms with van der Waals surface area (Å²) < 4.78 is 0. The summed E-state index contributed by atoms with van der Waals surface area (Å²) in [4.78, 5) is 16.8. The number of nitrogens with zero attached hydrogens (tertiary/aromatic N) is 1. The van der Waals surface area contributed by atoms with E-state index in [4.69, 9.17) is 11.6 Å². The predicted molar refractivity (Wildman–Crippen MR) is 107 cm³/mol. The molecule has 1 saturated heterocycles. The first-order valence-corrected chi connectivity index (χ1v) is 9.79. The number of hydrogen-bond donors (Lipinski definition) is 1. The van der Waals surface area contributed by atoms with Gasteiger partial charge in [-0.15, -0.1) is 0 Å². The number of thioether (sulfide) groups is 1. The largest absolute Gasteiger partial charge is 0.304 e. The molecule has 1 unspecified atom stereocenters. The Kier molecular flexibility index (Phi) is 6.16. The molecule has 1 N–H and O–H groups in total. The summed E-state index contributed by atoms with van der Waals surface area (Å²) >= 11 is 7.49. The van der Waals surface area contributed by atoms with Gasteiger partial charge in [-0.05, 0) is 54.7 Å². The molecule has 25 heavy (non-hydrogen) atoms. The third-order valence-corrected chi connectivity index (χ3v) is 5.39. The van der Waals surface area contributed by atoms with E-state index in [1.807, 2.05) is 36.4 Å². The third kappa shape index (κ3) is 5.10. The van der Waals surface area contributed by atoms with Gasteiger partial charge in [0.1, 0.15) is 0 Å². The lowest BCUT2D eigenvalue weighted by molar-refractivity contribution is -0.118. The highest BCUT2D eigenvalue weighted by molar-refractivity contribution is 8.15. The maximum Gasteiger partial charge on any atom is 0.239 e. The van der Waals surface area contributed by atoms with Crippen molar-refractivity contribution >= 4 is 40.1 Å². The number of aliphatic imine (C=N–C) groups is 1. The lowest BCUT2D eigenvalue weighted by Gasteiger charge is -2.05. The molecule has 3 nitrogen and oxygen atoms in total. The fourth-order valence-corrected chi connectivity index (χ4v) is 3.95. The van der Waals surface area contributed by atoms with Crippen LogP contribution < -0.4 is 5.32 Å². The first kappa shape index (κ1) is 18.0. The fraction of sp³-hybridized carbons (Fsp3) is 0.300. The summed E-state index contributed by atoms with van der Waals surface area (Å²) in [7, 11) is 0. The van der Waals surface area contributed by atoms with E-state index < -0.39 is 0 Å². The molecule has 1 heterocycles.